The quantitative estimate of drug-likeness (QED) is 0.878. The maximum absolute atomic E-state index is 12.0. The van der Waals surface area contributed by atoms with Crippen LogP contribution in [0.3, 0.4) is 0 Å². The van der Waals surface area contributed by atoms with Gasteiger partial charge in [-0.15, -0.1) is 0 Å². The number of hydrogen-bond acceptors (Lipinski definition) is 3. The molecule has 116 valence electrons. The highest BCUT2D eigenvalue weighted by Crippen LogP contribution is 2.30. The Labute approximate surface area is 131 Å². The lowest BCUT2D eigenvalue weighted by atomic mass is 10.1. The van der Waals surface area contributed by atoms with Crippen LogP contribution in [0.5, 0.6) is 0 Å². The van der Waals surface area contributed by atoms with Crippen molar-refractivity contribution in [2.45, 2.75) is 45.3 Å². The van der Waals surface area contributed by atoms with Gasteiger partial charge in [-0.25, -0.2) is 0 Å². The minimum atomic E-state index is -0.0750. The highest BCUT2D eigenvalue weighted by atomic mass is 35.5. The fourth-order valence-electron chi connectivity index (χ4n) is 2.78. The summed E-state index contributed by atoms with van der Waals surface area (Å²) in [5.74, 6) is 0.0882. The SMILES string of the molecule is CNC(=O)C1CCCN1c1ccc(Cl)cc1CNC(C)C. The summed E-state index contributed by atoms with van der Waals surface area (Å²) < 4.78 is 0. The molecule has 1 unspecified atom stereocenters. The fourth-order valence-corrected chi connectivity index (χ4v) is 2.98. The Hall–Kier alpha value is -1.26. The van der Waals surface area contributed by atoms with Gasteiger partial charge in [0.2, 0.25) is 5.91 Å². The summed E-state index contributed by atoms with van der Waals surface area (Å²) in [6.07, 6.45) is 1.94. The molecule has 1 amide bonds. The molecule has 0 spiro atoms. The van der Waals surface area contributed by atoms with Crippen molar-refractivity contribution in [1.82, 2.24) is 10.6 Å². The lowest BCUT2D eigenvalue weighted by Gasteiger charge is -2.28. The summed E-state index contributed by atoms with van der Waals surface area (Å²) in [7, 11) is 1.70. The van der Waals surface area contributed by atoms with E-state index in [-0.39, 0.29) is 11.9 Å². The molecular weight excluding hydrogens is 286 g/mol. The fraction of sp³-hybridized carbons (Fsp3) is 0.562. The van der Waals surface area contributed by atoms with E-state index in [4.69, 9.17) is 11.6 Å². The van der Waals surface area contributed by atoms with Crippen molar-refractivity contribution in [3.63, 3.8) is 0 Å². The summed E-state index contributed by atoms with van der Waals surface area (Å²) in [6, 6.07) is 6.25. The van der Waals surface area contributed by atoms with E-state index >= 15 is 0 Å². The number of anilines is 1. The molecule has 4 nitrogen and oxygen atoms in total. The summed E-state index contributed by atoms with van der Waals surface area (Å²) in [4.78, 5) is 14.2. The van der Waals surface area contributed by atoms with Gasteiger partial charge in [-0.2, -0.15) is 0 Å². The molecular formula is C16H24ClN3O. The first-order valence-electron chi connectivity index (χ1n) is 7.53. The molecule has 0 aromatic heterocycles. The van der Waals surface area contributed by atoms with Crippen LogP contribution in [-0.4, -0.2) is 31.6 Å². The summed E-state index contributed by atoms with van der Waals surface area (Å²) >= 11 is 6.14. The number of benzene rings is 1. The number of rotatable bonds is 5. The molecule has 1 aliphatic heterocycles. The maximum atomic E-state index is 12.0. The van der Waals surface area contributed by atoms with Crippen LogP contribution in [0.2, 0.25) is 5.02 Å². The predicted octanol–water partition coefficient (Wildman–Crippen LogP) is 2.55. The van der Waals surface area contributed by atoms with Crippen LogP contribution in [0.1, 0.15) is 32.3 Å². The van der Waals surface area contributed by atoms with E-state index in [9.17, 15) is 4.79 Å². The number of amides is 1. The molecule has 0 aliphatic carbocycles. The van der Waals surface area contributed by atoms with Crippen molar-refractivity contribution in [2.24, 2.45) is 0 Å². The topological polar surface area (TPSA) is 44.4 Å². The zero-order chi connectivity index (χ0) is 15.4. The summed E-state index contributed by atoms with van der Waals surface area (Å²) in [5, 5.41) is 6.92. The van der Waals surface area contributed by atoms with Crippen LogP contribution in [0.15, 0.2) is 18.2 Å². The van der Waals surface area contributed by atoms with E-state index in [1.807, 2.05) is 18.2 Å². The van der Waals surface area contributed by atoms with Gasteiger partial charge in [-0.3, -0.25) is 4.79 Å². The van der Waals surface area contributed by atoms with Crippen molar-refractivity contribution in [1.29, 1.82) is 0 Å². The Bertz CT molecular complexity index is 504. The van der Waals surface area contributed by atoms with Gasteiger partial charge in [-0.1, -0.05) is 25.4 Å². The second-order valence-electron chi connectivity index (χ2n) is 5.77. The number of nitrogens with one attached hydrogen (secondary N) is 2. The number of carbonyl (C=O) groups is 1. The predicted molar refractivity (Wildman–Crippen MR) is 87.9 cm³/mol. The Morgan fingerprint density at radius 3 is 2.90 bits per heavy atom. The number of carbonyl (C=O) groups excluding carboxylic acids is 1. The Morgan fingerprint density at radius 1 is 1.48 bits per heavy atom. The van der Waals surface area contributed by atoms with Crippen molar-refractivity contribution in [3.8, 4) is 0 Å². The number of nitrogens with zero attached hydrogens (tertiary/aromatic N) is 1. The first-order valence-corrected chi connectivity index (χ1v) is 7.90. The van der Waals surface area contributed by atoms with Gasteiger partial charge in [0.15, 0.2) is 0 Å². The number of hydrogen-bond donors (Lipinski definition) is 2. The van der Waals surface area contributed by atoms with E-state index in [0.717, 1.165) is 42.2 Å². The Morgan fingerprint density at radius 2 is 2.24 bits per heavy atom. The second kappa shape index (κ2) is 7.14. The minimum absolute atomic E-state index is 0.0750. The molecule has 1 fully saturated rings. The lowest BCUT2D eigenvalue weighted by molar-refractivity contribution is -0.121. The first kappa shape index (κ1) is 16.1. The molecule has 1 heterocycles. The van der Waals surface area contributed by atoms with E-state index in [1.54, 1.807) is 7.05 Å². The van der Waals surface area contributed by atoms with Gasteiger partial charge in [0.1, 0.15) is 6.04 Å². The van der Waals surface area contributed by atoms with Crippen molar-refractivity contribution < 1.29 is 4.79 Å². The molecule has 0 saturated carbocycles. The zero-order valence-electron chi connectivity index (χ0n) is 12.9. The third-order valence-corrected chi connectivity index (χ3v) is 4.09. The van der Waals surface area contributed by atoms with Gasteiger partial charge in [-0.05, 0) is 36.6 Å². The largest absolute Gasteiger partial charge is 0.359 e. The molecule has 0 radical (unpaired) electrons. The smallest absolute Gasteiger partial charge is 0.242 e. The minimum Gasteiger partial charge on any atom is -0.359 e. The lowest BCUT2D eigenvalue weighted by Crippen LogP contribution is -2.42. The average Bonchev–Trinajstić information content (AvgIpc) is 2.93. The molecule has 1 atom stereocenters. The standard InChI is InChI=1S/C16H24ClN3O/c1-11(2)19-10-12-9-13(17)6-7-14(12)20-8-4-5-15(20)16(21)18-3/h6-7,9,11,15,19H,4-5,8,10H2,1-3H3,(H,18,21). The average molecular weight is 310 g/mol. The van der Waals surface area contributed by atoms with Crippen molar-refractivity contribution >= 4 is 23.2 Å². The maximum Gasteiger partial charge on any atom is 0.242 e. The van der Waals surface area contributed by atoms with E-state index in [0.29, 0.717) is 6.04 Å². The molecule has 1 aliphatic rings. The van der Waals surface area contributed by atoms with Crippen LogP contribution < -0.4 is 15.5 Å². The molecule has 1 aromatic rings. The van der Waals surface area contributed by atoms with Crippen LogP contribution in [-0.2, 0) is 11.3 Å². The van der Waals surface area contributed by atoms with E-state index < -0.39 is 0 Å². The van der Waals surface area contributed by atoms with Gasteiger partial charge in [0.05, 0.1) is 0 Å². The third kappa shape index (κ3) is 3.89. The monoisotopic (exact) mass is 309 g/mol. The first-order chi connectivity index (χ1) is 10.0. The highest BCUT2D eigenvalue weighted by Gasteiger charge is 2.31. The molecule has 1 saturated heterocycles. The summed E-state index contributed by atoms with van der Waals surface area (Å²) in [5.41, 5.74) is 2.26. The highest BCUT2D eigenvalue weighted by molar-refractivity contribution is 6.30. The van der Waals surface area contributed by atoms with Crippen LogP contribution in [0, 0.1) is 0 Å². The van der Waals surface area contributed by atoms with Crippen molar-refractivity contribution in [2.75, 3.05) is 18.5 Å². The number of likely N-dealkylation sites (N-methyl/N-ethyl adjacent to an activating group) is 1. The summed E-state index contributed by atoms with van der Waals surface area (Å²) in [6.45, 7) is 5.90. The molecule has 5 heteroatoms. The van der Waals surface area contributed by atoms with Gasteiger partial charge < -0.3 is 15.5 Å². The van der Waals surface area contributed by atoms with Gasteiger partial charge in [0.25, 0.3) is 0 Å². The molecule has 0 bridgehead atoms. The van der Waals surface area contributed by atoms with Gasteiger partial charge in [0, 0.05) is 36.9 Å². The molecule has 2 N–H and O–H groups in total. The van der Waals surface area contributed by atoms with E-state index in [2.05, 4.69) is 29.4 Å². The van der Waals surface area contributed by atoms with Crippen LogP contribution in [0.25, 0.3) is 0 Å². The zero-order valence-corrected chi connectivity index (χ0v) is 13.7. The van der Waals surface area contributed by atoms with Gasteiger partial charge >= 0.3 is 0 Å². The Kier molecular flexibility index (Phi) is 5.48. The Balaban J connectivity index is 2.27. The van der Waals surface area contributed by atoms with E-state index in [1.165, 1.54) is 0 Å². The second-order valence-corrected chi connectivity index (χ2v) is 6.21. The molecule has 1 aromatic carbocycles. The van der Waals surface area contributed by atoms with Crippen LogP contribution in [0.4, 0.5) is 5.69 Å². The normalized spacial score (nSPS) is 18.3. The van der Waals surface area contributed by atoms with Crippen molar-refractivity contribution in [3.05, 3.63) is 28.8 Å². The molecule has 2 rings (SSSR count). The third-order valence-electron chi connectivity index (χ3n) is 3.85. The number of halogens is 1. The molecule has 21 heavy (non-hydrogen) atoms. The van der Waals surface area contributed by atoms with Crippen LogP contribution >= 0.6 is 11.6 Å².